The first-order valence-corrected chi connectivity index (χ1v) is 7.01. The van der Waals surface area contributed by atoms with Crippen molar-refractivity contribution in [2.75, 3.05) is 19.0 Å². The molecule has 0 unspecified atom stereocenters. The van der Waals surface area contributed by atoms with E-state index in [9.17, 15) is 4.79 Å². The summed E-state index contributed by atoms with van der Waals surface area (Å²) in [4.78, 5) is 14.7. The molecule has 0 bridgehead atoms. The van der Waals surface area contributed by atoms with Crippen LogP contribution in [0, 0.1) is 11.3 Å². The Labute approximate surface area is 125 Å². The number of hydrogen-bond acceptors (Lipinski definition) is 6. The van der Waals surface area contributed by atoms with Gasteiger partial charge in [-0.05, 0) is 12.1 Å². The van der Waals surface area contributed by atoms with E-state index in [1.54, 1.807) is 25.3 Å². The Morgan fingerprint density at radius 1 is 1.57 bits per heavy atom. The molecular formula is C14H13N3O3S. The summed E-state index contributed by atoms with van der Waals surface area (Å²) in [6, 6.07) is 7.27. The van der Waals surface area contributed by atoms with E-state index < -0.39 is 5.97 Å². The summed E-state index contributed by atoms with van der Waals surface area (Å²) in [6.07, 6.45) is 0.583. The molecule has 1 heterocycles. The Bertz CT molecular complexity index is 691. The molecular weight excluding hydrogens is 290 g/mol. The predicted octanol–water partition coefficient (Wildman–Crippen LogP) is 2.38. The van der Waals surface area contributed by atoms with Crippen molar-refractivity contribution in [1.82, 2.24) is 4.98 Å². The van der Waals surface area contributed by atoms with Crippen molar-refractivity contribution >= 4 is 23.0 Å². The molecule has 6 nitrogen and oxygen atoms in total. The van der Waals surface area contributed by atoms with E-state index >= 15 is 0 Å². The zero-order valence-corrected chi connectivity index (χ0v) is 12.1. The molecule has 0 amide bonds. The first-order chi connectivity index (χ1) is 10.1. The molecule has 2 N–H and O–H groups in total. The van der Waals surface area contributed by atoms with E-state index in [1.165, 1.54) is 16.7 Å². The number of methoxy groups -OCH3 is 1. The van der Waals surface area contributed by atoms with Crippen LogP contribution >= 0.6 is 11.3 Å². The molecule has 0 atom stereocenters. The maximum Gasteiger partial charge on any atom is 0.355 e. The molecule has 7 heteroatoms. The molecule has 0 fully saturated rings. The van der Waals surface area contributed by atoms with Crippen LogP contribution in [0.5, 0.6) is 5.75 Å². The lowest BCUT2D eigenvalue weighted by Gasteiger charge is -2.09. The third kappa shape index (κ3) is 3.70. The van der Waals surface area contributed by atoms with E-state index in [0.717, 1.165) is 5.01 Å². The number of benzene rings is 1. The van der Waals surface area contributed by atoms with Gasteiger partial charge in [0.2, 0.25) is 0 Å². The maximum absolute atomic E-state index is 10.7. The number of carboxylic acid groups (broad SMARTS) is 1. The molecule has 108 valence electrons. The minimum absolute atomic E-state index is 0.0640. The monoisotopic (exact) mass is 303 g/mol. The number of aromatic carboxylic acids is 1. The lowest BCUT2D eigenvalue weighted by molar-refractivity contribution is 0.0691. The Hall–Kier alpha value is -2.59. The number of aromatic nitrogens is 1. The van der Waals surface area contributed by atoms with Gasteiger partial charge >= 0.3 is 5.97 Å². The Morgan fingerprint density at radius 2 is 2.38 bits per heavy atom. The normalized spacial score (nSPS) is 9.90. The number of anilines is 1. The van der Waals surface area contributed by atoms with E-state index in [0.29, 0.717) is 30.0 Å². The third-order valence-electron chi connectivity index (χ3n) is 2.77. The van der Waals surface area contributed by atoms with Crippen molar-refractivity contribution in [3.8, 4) is 11.8 Å². The molecule has 0 saturated carbocycles. The van der Waals surface area contributed by atoms with Gasteiger partial charge in [-0.1, -0.05) is 0 Å². The SMILES string of the molecule is COc1ccc(C#N)c(NCCc2nc(C(=O)O)cs2)c1. The number of thiazole rings is 1. The number of carbonyl (C=O) groups is 1. The molecule has 2 rings (SSSR count). The molecule has 1 aromatic heterocycles. The van der Waals surface area contributed by atoms with Crippen molar-refractivity contribution in [2.45, 2.75) is 6.42 Å². The standard InChI is InChI=1S/C14H13N3O3S/c1-20-10-3-2-9(7-15)11(6-10)16-5-4-13-17-12(8-21-13)14(18)19/h2-3,6,8,16H,4-5H2,1H3,(H,18,19). The highest BCUT2D eigenvalue weighted by molar-refractivity contribution is 7.09. The van der Waals surface area contributed by atoms with Gasteiger partial charge in [0.1, 0.15) is 11.8 Å². The lowest BCUT2D eigenvalue weighted by Crippen LogP contribution is -2.07. The number of nitrogens with one attached hydrogen (secondary N) is 1. The molecule has 0 radical (unpaired) electrons. The largest absolute Gasteiger partial charge is 0.497 e. The van der Waals surface area contributed by atoms with Gasteiger partial charge in [-0.25, -0.2) is 9.78 Å². The minimum atomic E-state index is -1.02. The van der Waals surface area contributed by atoms with Crippen LogP contribution in [-0.4, -0.2) is 29.7 Å². The van der Waals surface area contributed by atoms with Crippen molar-refractivity contribution in [3.63, 3.8) is 0 Å². The fourth-order valence-electron chi connectivity index (χ4n) is 1.72. The molecule has 0 aliphatic carbocycles. The van der Waals surface area contributed by atoms with Gasteiger partial charge in [-0.2, -0.15) is 5.26 Å². The van der Waals surface area contributed by atoms with E-state index in [1.807, 2.05) is 0 Å². The second kappa shape index (κ2) is 6.72. The predicted molar refractivity (Wildman–Crippen MR) is 79.0 cm³/mol. The fourth-order valence-corrected chi connectivity index (χ4v) is 2.49. The third-order valence-corrected chi connectivity index (χ3v) is 3.68. The Kier molecular flexibility index (Phi) is 4.74. The highest BCUT2D eigenvalue weighted by Crippen LogP contribution is 2.22. The highest BCUT2D eigenvalue weighted by atomic mass is 32.1. The van der Waals surface area contributed by atoms with Crippen molar-refractivity contribution in [2.24, 2.45) is 0 Å². The number of nitriles is 1. The van der Waals surface area contributed by atoms with Crippen molar-refractivity contribution in [3.05, 3.63) is 39.8 Å². The smallest absolute Gasteiger partial charge is 0.355 e. The molecule has 0 spiro atoms. The summed E-state index contributed by atoms with van der Waals surface area (Å²) in [6.45, 7) is 0.550. The zero-order valence-electron chi connectivity index (χ0n) is 11.3. The van der Waals surface area contributed by atoms with Gasteiger partial charge in [0.05, 0.1) is 23.4 Å². The fraction of sp³-hybridized carbons (Fsp3) is 0.214. The van der Waals surface area contributed by atoms with Crippen molar-refractivity contribution < 1.29 is 14.6 Å². The number of hydrogen-bond donors (Lipinski definition) is 2. The highest BCUT2D eigenvalue weighted by Gasteiger charge is 2.09. The second-order valence-electron chi connectivity index (χ2n) is 4.13. The van der Waals surface area contributed by atoms with E-state index in [-0.39, 0.29) is 5.69 Å². The molecule has 0 aliphatic rings. The first kappa shape index (κ1) is 14.8. The summed E-state index contributed by atoms with van der Waals surface area (Å²) < 4.78 is 5.12. The van der Waals surface area contributed by atoms with Crippen LogP contribution in [0.3, 0.4) is 0 Å². The molecule has 1 aromatic carbocycles. The first-order valence-electron chi connectivity index (χ1n) is 6.13. The topological polar surface area (TPSA) is 95.2 Å². The van der Waals surface area contributed by atoms with Gasteiger partial charge < -0.3 is 15.2 Å². The maximum atomic E-state index is 10.7. The van der Waals surface area contributed by atoms with Crippen LogP contribution in [-0.2, 0) is 6.42 Å². The van der Waals surface area contributed by atoms with Crippen molar-refractivity contribution in [1.29, 1.82) is 5.26 Å². The van der Waals surface area contributed by atoms with Gasteiger partial charge in [-0.15, -0.1) is 11.3 Å². The Balaban J connectivity index is 1.99. The van der Waals surface area contributed by atoms with Gasteiger partial charge in [0.15, 0.2) is 5.69 Å². The summed E-state index contributed by atoms with van der Waals surface area (Å²) in [5.41, 5.74) is 1.28. The van der Waals surface area contributed by atoms with Crippen LogP contribution in [0.4, 0.5) is 5.69 Å². The molecule has 2 aromatic rings. The summed E-state index contributed by atoms with van der Waals surface area (Å²) >= 11 is 1.31. The number of rotatable bonds is 6. The van der Waals surface area contributed by atoms with Gasteiger partial charge in [0.25, 0.3) is 0 Å². The van der Waals surface area contributed by atoms with Crippen LogP contribution in [0.2, 0.25) is 0 Å². The average molecular weight is 303 g/mol. The van der Waals surface area contributed by atoms with Gasteiger partial charge in [0, 0.05) is 24.4 Å². The minimum Gasteiger partial charge on any atom is -0.497 e. The van der Waals surface area contributed by atoms with Crippen LogP contribution in [0.25, 0.3) is 0 Å². The van der Waals surface area contributed by atoms with Gasteiger partial charge in [-0.3, -0.25) is 0 Å². The van der Waals surface area contributed by atoms with E-state index in [4.69, 9.17) is 15.1 Å². The average Bonchev–Trinajstić information content (AvgIpc) is 2.96. The second-order valence-corrected chi connectivity index (χ2v) is 5.07. The Morgan fingerprint density at radius 3 is 3.00 bits per heavy atom. The number of ether oxygens (including phenoxy) is 1. The van der Waals surface area contributed by atoms with E-state index in [2.05, 4.69) is 16.4 Å². The summed E-state index contributed by atoms with van der Waals surface area (Å²) in [7, 11) is 1.56. The van der Waals surface area contributed by atoms with Crippen LogP contribution in [0.15, 0.2) is 23.6 Å². The summed E-state index contributed by atoms with van der Waals surface area (Å²) in [5.74, 6) is -0.357. The lowest BCUT2D eigenvalue weighted by atomic mass is 10.2. The van der Waals surface area contributed by atoms with Crippen LogP contribution in [0.1, 0.15) is 21.1 Å². The summed E-state index contributed by atoms with van der Waals surface area (Å²) in [5, 5.41) is 23.3. The molecule has 0 aliphatic heterocycles. The number of nitrogens with zero attached hydrogens (tertiary/aromatic N) is 2. The zero-order chi connectivity index (χ0) is 15.2. The van der Waals surface area contributed by atoms with Crippen LogP contribution < -0.4 is 10.1 Å². The number of carboxylic acids is 1. The quantitative estimate of drug-likeness (QED) is 0.850. The molecule has 0 saturated heterocycles. The molecule has 21 heavy (non-hydrogen) atoms.